The number of alkyl halides is 3. The highest BCUT2D eigenvalue weighted by atomic mass is 32.1. The molecule has 0 fully saturated rings. The lowest BCUT2D eigenvalue weighted by Gasteiger charge is -2.10. The first-order valence-electron chi connectivity index (χ1n) is 8.27. The van der Waals surface area contributed by atoms with Crippen molar-refractivity contribution in [3.8, 4) is 0 Å². The summed E-state index contributed by atoms with van der Waals surface area (Å²) in [6, 6.07) is 9.02. The van der Waals surface area contributed by atoms with Crippen molar-refractivity contribution in [2.24, 2.45) is 4.99 Å². The molecule has 0 aliphatic heterocycles. The number of aliphatic imine (C=N–C) groups is 1. The van der Waals surface area contributed by atoms with Crippen LogP contribution < -0.4 is 16.0 Å². The topological polar surface area (TPSA) is 78.4 Å². The standard InChI is InChI=1S/C17H20F3N5OS/c1-2-21-16(23-10-14(26)24-12-6-4-3-5-7-12)22-9-8-15-25-13(11-27-15)17(18,19)20/h3-7,11H,2,8-10H2,1H3,(H,24,26)(H2,21,22,23). The van der Waals surface area contributed by atoms with E-state index in [4.69, 9.17) is 0 Å². The summed E-state index contributed by atoms with van der Waals surface area (Å²) in [6.07, 6.45) is -4.11. The molecule has 0 bridgehead atoms. The lowest BCUT2D eigenvalue weighted by molar-refractivity contribution is -0.140. The van der Waals surface area contributed by atoms with Gasteiger partial charge in [0.15, 0.2) is 11.7 Å². The predicted octanol–water partition coefficient (Wildman–Crippen LogP) is 2.90. The Morgan fingerprint density at radius 2 is 1.96 bits per heavy atom. The molecule has 1 heterocycles. The maximum absolute atomic E-state index is 12.5. The summed E-state index contributed by atoms with van der Waals surface area (Å²) < 4.78 is 37.6. The summed E-state index contributed by atoms with van der Waals surface area (Å²) in [5.41, 5.74) is -0.194. The fourth-order valence-electron chi connectivity index (χ4n) is 2.06. The van der Waals surface area contributed by atoms with Gasteiger partial charge in [-0.05, 0) is 19.1 Å². The molecule has 1 aromatic carbocycles. The number of para-hydroxylation sites is 1. The van der Waals surface area contributed by atoms with Gasteiger partial charge in [0.2, 0.25) is 5.91 Å². The van der Waals surface area contributed by atoms with E-state index < -0.39 is 11.9 Å². The van der Waals surface area contributed by atoms with Crippen LogP contribution in [-0.4, -0.2) is 36.5 Å². The van der Waals surface area contributed by atoms with E-state index in [0.29, 0.717) is 36.2 Å². The maximum atomic E-state index is 12.5. The number of thiazole rings is 1. The Bertz CT molecular complexity index is 761. The molecular formula is C17H20F3N5OS. The van der Waals surface area contributed by atoms with Crippen LogP contribution in [0.5, 0.6) is 0 Å². The number of benzene rings is 1. The van der Waals surface area contributed by atoms with Crippen molar-refractivity contribution < 1.29 is 18.0 Å². The molecule has 0 unspecified atom stereocenters. The molecule has 1 aromatic heterocycles. The van der Waals surface area contributed by atoms with Gasteiger partial charge in [0.1, 0.15) is 6.54 Å². The van der Waals surface area contributed by atoms with Crippen LogP contribution in [0, 0.1) is 0 Å². The van der Waals surface area contributed by atoms with Crippen molar-refractivity contribution in [3.63, 3.8) is 0 Å². The van der Waals surface area contributed by atoms with Crippen molar-refractivity contribution >= 4 is 28.9 Å². The third kappa shape index (κ3) is 7.26. The normalized spacial score (nSPS) is 11.9. The Labute approximate surface area is 158 Å². The van der Waals surface area contributed by atoms with Gasteiger partial charge in [-0.3, -0.25) is 4.79 Å². The summed E-state index contributed by atoms with van der Waals surface area (Å²) in [6.45, 7) is 2.72. The second-order valence-electron chi connectivity index (χ2n) is 5.41. The van der Waals surface area contributed by atoms with Crippen molar-refractivity contribution in [2.45, 2.75) is 19.5 Å². The molecule has 0 saturated heterocycles. The van der Waals surface area contributed by atoms with Gasteiger partial charge in [-0.1, -0.05) is 18.2 Å². The number of nitrogens with zero attached hydrogens (tertiary/aromatic N) is 2. The number of amides is 1. The molecule has 1 amide bonds. The van der Waals surface area contributed by atoms with Crippen LogP contribution in [0.4, 0.5) is 18.9 Å². The number of aromatic nitrogens is 1. The number of halogens is 3. The number of hydrogen-bond acceptors (Lipinski definition) is 4. The van der Waals surface area contributed by atoms with E-state index in [2.05, 4.69) is 25.9 Å². The van der Waals surface area contributed by atoms with E-state index in [0.717, 1.165) is 16.7 Å². The lowest BCUT2D eigenvalue weighted by Crippen LogP contribution is -2.39. The maximum Gasteiger partial charge on any atom is 0.434 e. The number of carbonyl (C=O) groups excluding carboxylic acids is 1. The van der Waals surface area contributed by atoms with Crippen molar-refractivity contribution in [3.05, 3.63) is 46.4 Å². The van der Waals surface area contributed by atoms with E-state index >= 15 is 0 Å². The van der Waals surface area contributed by atoms with Crippen LogP contribution in [0.1, 0.15) is 17.6 Å². The zero-order valence-electron chi connectivity index (χ0n) is 14.6. The first-order chi connectivity index (χ1) is 12.9. The molecule has 10 heteroatoms. The minimum atomic E-state index is -4.43. The van der Waals surface area contributed by atoms with Crippen LogP contribution >= 0.6 is 11.3 Å². The Balaban J connectivity index is 1.82. The summed E-state index contributed by atoms with van der Waals surface area (Å²) in [5, 5.41) is 10.1. The largest absolute Gasteiger partial charge is 0.434 e. The average molecular weight is 399 g/mol. The van der Waals surface area contributed by atoms with Gasteiger partial charge in [-0.2, -0.15) is 13.2 Å². The van der Waals surface area contributed by atoms with Gasteiger partial charge in [0.05, 0.1) is 5.01 Å². The number of carbonyl (C=O) groups is 1. The van der Waals surface area contributed by atoms with Crippen LogP contribution in [0.25, 0.3) is 0 Å². The van der Waals surface area contributed by atoms with Crippen LogP contribution in [0.15, 0.2) is 40.7 Å². The average Bonchev–Trinajstić information content (AvgIpc) is 3.10. The second-order valence-corrected chi connectivity index (χ2v) is 6.35. The molecular weight excluding hydrogens is 379 g/mol. The van der Waals surface area contributed by atoms with E-state index in [1.807, 2.05) is 25.1 Å². The number of anilines is 1. The quantitative estimate of drug-likeness (QED) is 0.494. The van der Waals surface area contributed by atoms with Gasteiger partial charge < -0.3 is 16.0 Å². The second kappa shape index (κ2) is 9.91. The first-order valence-corrected chi connectivity index (χ1v) is 9.15. The van der Waals surface area contributed by atoms with Crippen molar-refractivity contribution in [1.82, 2.24) is 15.6 Å². The molecule has 3 N–H and O–H groups in total. The lowest BCUT2D eigenvalue weighted by atomic mass is 10.3. The van der Waals surface area contributed by atoms with E-state index in [9.17, 15) is 18.0 Å². The predicted molar refractivity (Wildman–Crippen MR) is 99.9 cm³/mol. The monoisotopic (exact) mass is 399 g/mol. The molecule has 0 radical (unpaired) electrons. The molecule has 146 valence electrons. The van der Waals surface area contributed by atoms with Crippen molar-refractivity contribution in [2.75, 3.05) is 25.0 Å². The Morgan fingerprint density at radius 1 is 1.22 bits per heavy atom. The van der Waals surface area contributed by atoms with Gasteiger partial charge >= 0.3 is 6.18 Å². The number of guanidine groups is 1. The van der Waals surface area contributed by atoms with E-state index in [-0.39, 0.29) is 12.5 Å². The Morgan fingerprint density at radius 3 is 2.59 bits per heavy atom. The van der Waals surface area contributed by atoms with E-state index in [1.165, 1.54) is 0 Å². The number of rotatable bonds is 7. The third-order valence-electron chi connectivity index (χ3n) is 3.26. The molecule has 27 heavy (non-hydrogen) atoms. The molecule has 0 saturated carbocycles. The molecule has 0 spiro atoms. The van der Waals surface area contributed by atoms with Crippen LogP contribution in [0.2, 0.25) is 0 Å². The fraction of sp³-hybridized carbons (Fsp3) is 0.353. The van der Waals surface area contributed by atoms with Crippen molar-refractivity contribution in [1.29, 1.82) is 0 Å². The zero-order valence-corrected chi connectivity index (χ0v) is 15.5. The number of hydrogen-bond donors (Lipinski definition) is 3. The molecule has 2 aromatic rings. The molecule has 2 rings (SSSR count). The SMILES string of the molecule is CCNC(=NCC(=O)Nc1ccccc1)NCCc1nc(C(F)(F)F)cs1. The van der Waals surface area contributed by atoms with Gasteiger partial charge in [-0.15, -0.1) is 11.3 Å². The minimum Gasteiger partial charge on any atom is -0.357 e. The molecule has 0 aliphatic carbocycles. The Hall–Kier alpha value is -2.62. The highest BCUT2D eigenvalue weighted by Gasteiger charge is 2.33. The van der Waals surface area contributed by atoms with E-state index in [1.54, 1.807) is 12.1 Å². The molecule has 0 atom stereocenters. The summed E-state index contributed by atoms with van der Waals surface area (Å²) in [7, 11) is 0. The number of nitrogens with one attached hydrogen (secondary N) is 3. The minimum absolute atomic E-state index is 0.0836. The molecule has 0 aliphatic rings. The van der Waals surface area contributed by atoms with Gasteiger partial charge in [-0.25, -0.2) is 9.98 Å². The van der Waals surface area contributed by atoms with Crippen LogP contribution in [-0.2, 0) is 17.4 Å². The highest BCUT2D eigenvalue weighted by Crippen LogP contribution is 2.29. The first kappa shape index (κ1) is 20.7. The zero-order chi connectivity index (χ0) is 19.7. The summed E-state index contributed by atoms with van der Waals surface area (Å²) in [4.78, 5) is 19.7. The van der Waals surface area contributed by atoms with Gasteiger partial charge in [0, 0.05) is 30.6 Å². The smallest absolute Gasteiger partial charge is 0.357 e. The van der Waals surface area contributed by atoms with Crippen LogP contribution in [0.3, 0.4) is 0 Å². The Kier molecular flexibility index (Phi) is 7.59. The summed E-state index contributed by atoms with van der Waals surface area (Å²) >= 11 is 0.965. The fourth-order valence-corrected chi connectivity index (χ4v) is 2.86. The third-order valence-corrected chi connectivity index (χ3v) is 4.16. The highest BCUT2D eigenvalue weighted by molar-refractivity contribution is 7.09. The summed E-state index contributed by atoms with van der Waals surface area (Å²) in [5.74, 6) is 0.140. The van der Waals surface area contributed by atoms with Gasteiger partial charge in [0.25, 0.3) is 0 Å². The molecule has 6 nitrogen and oxygen atoms in total.